The van der Waals surface area contributed by atoms with Crippen LogP contribution in [0.2, 0.25) is 0 Å². The highest BCUT2D eigenvalue weighted by Gasteiger charge is 2.32. The fourth-order valence-corrected chi connectivity index (χ4v) is 5.11. The number of aryl methyl sites for hydroxylation is 2. The number of amides is 1. The number of anilines is 2. The summed E-state index contributed by atoms with van der Waals surface area (Å²) >= 11 is 0. The zero-order valence-electron chi connectivity index (χ0n) is 18.7. The van der Waals surface area contributed by atoms with Gasteiger partial charge in [0, 0.05) is 5.69 Å². The smallest absolute Gasteiger partial charge is 0.264 e. The van der Waals surface area contributed by atoms with Gasteiger partial charge in [0.2, 0.25) is 0 Å². The summed E-state index contributed by atoms with van der Waals surface area (Å²) in [5.41, 5.74) is 3.23. The van der Waals surface area contributed by atoms with E-state index < -0.39 is 10.0 Å². The summed E-state index contributed by atoms with van der Waals surface area (Å²) in [5, 5.41) is 2.73. The van der Waals surface area contributed by atoms with E-state index in [0.717, 1.165) is 11.1 Å². The molecule has 1 amide bonds. The molecule has 172 valence electrons. The van der Waals surface area contributed by atoms with Gasteiger partial charge in [0.1, 0.15) is 17.6 Å². The molecule has 0 radical (unpaired) electrons. The van der Waals surface area contributed by atoms with E-state index in [9.17, 15) is 13.2 Å². The van der Waals surface area contributed by atoms with Crippen LogP contribution >= 0.6 is 0 Å². The predicted molar refractivity (Wildman–Crippen MR) is 128 cm³/mol. The van der Waals surface area contributed by atoms with Crippen molar-refractivity contribution >= 4 is 27.3 Å². The Morgan fingerprint density at radius 3 is 2.52 bits per heavy atom. The van der Waals surface area contributed by atoms with Gasteiger partial charge in [-0.3, -0.25) is 9.10 Å². The lowest BCUT2D eigenvalue weighted by Crippen LogP contribution is -2.42. The standard InChI is InChI=1S/C25H26N2O5S/c1-17-8-11-21(14-18(17)2)31-16-25(28)26-20-9-12-22(13-10-20)33(29,30)27-15-19(3)32-24-7-5-4-6-23(24)27/h4-14,19H,15-16H2,1-3H3,(H,26,28)/t19-/m0/s1. The highest BCUT2D eigenvalue weighted by atomic mass is 32.2. The van der Waals surface area contributed by atoms with Crippen LogP contribution in [0.25, 0.3) is 0 Å². The second kappa shape index (κ2) is 9.15. The Labute approximate surface area is 194 Å². The summed E-state index contributed by atoms with van der Waals surface area (Å²) in [7, 11) is -3.79. The van der Waals surface area contributed by atoms with Gasteiger partial charge in [-0.15, -0.1) is 0 Å². The Morgan fingerprint density at radius 2 is 1.79 bits per heavy atom. The van der Waals surface area contributed by atoms with Crippen molar-refractivity contribution in [2.24, 2.45) is 0 Å². The minimum atomic E-state index is -3.79. The number of ether oxygens (including phenoxy) is 2. The molecule has 1 heterocycles. The molecule has 4 rings (SSSR count). The third-order valence-corrected chi connectivity index (χ3v) is 7.25. The number of sulfonamides is 1. The van der Waals surface area contributed by atoms with E-state index >= 15 is 0 Å². The van der Waals surface area contributed by atoms with Gasteiger partial charge in [0.25, 0.3) is 15.9 Å². The average Bonchev–Trinajstić information content (AvgIpc) is 2.79. The molecule has 0 fully saturated rings. The van der Waals surface area contributed by atoms with Crippen LogP contribution in [0.5, 0.6) is 11.5 Å². The first-order chi connectivity index (χ1) is 15.7. The van der Waals surface area contributed by atoms with Gasteiger partial charge in [-0.2, -0.15) is 0 Å². The Morgan fingerprint density at radius 1 is 1.06 bits per heavy atom. The first kappa shape index (κ1) is 22.7. The lowest BCUT2D eigenvalue weighted by atomic mass is 10.1. The molecule has 7 nitrogen and oxygen atoms in total. The van der Waals surface area contributed by atoms with Crippen LogP contribution in [-0.4, -0.2) is 33.6 Å². The summed E-state index contributed by atoms with van der Waals surface area (Å²) in [4.78, 5) is 12.4. The molecule has 1 atom stereocenters. The first-order valence-corrected chi connectivity index (χ1v) is 12.1. The molecule has 1 aliphatic rings. The Bertz CT molecular complexity index is 1270. The monoisotopic (exact) mass is 466 g/mol. The predicted octanol–water partition coefficient (Wildman–Crippen LogP) is 4.30. The molecular weight excluding hydrogens is 440 g/mol. The summed E-state index contributed by atoms with van der Waals surface area (Å²) < 4.78 is 39.3. The topological polar surface area (TPSA) is 84.9 Å². The van der Waals surface area contributed by atoms with Crippen molar-refractivity contribution in [2.75, 3.05) is 22.8 Å². The van der Waals surface area contributed by atoms with Crippen LogP contribution < -0.4 is 19.1 Å². The van der Waals surface area contributed by atoms with Gasteiger partial charge >= 0.3 is 0 Å². The third-order valence-electron chi connectivity index (χ3n) is 5.46. The SMILES string of the molecule is Cc1ccc(OCC(=O)Nc2ccc(S(=O)(=O)N3C[C@H](C)Oc4ccccc43)cc2)cc1C. The van der Waals surface area contributed by atoms with E-state index in [1.807, 2.05) is 45.0 Å². The average molecular weight is 467 g/mol. The van der Waals surface area contributed by atoms with Crippen molar-refractivity contribution in [3.05, 3.63) is 77.9 Å². The van der Waals surface area contributed by atoms with Gasteiger partial charge in [-0.25, -0.2) is 8.42 Å². The third kappa shape index (κ3) is 4.96. The normalized spacial score (nSPS) is 15.4. The number of hydrogen-bond donors (Lipinski definition) is 1. The summed E-state index contributed by atoms with van der Waals surface area (Å²) in [6.45, 7) is 5.89. The highest BCUT2D eigenvalue weighted by Crippen LogP contribution is 2.36. The van der Waals surface area contributed by atoms with E-state index in [0.29, 0.717) is 22.9 Å². The first-order valence-electron chi connectivity index (χ1n) is 10.6. The minimum absolute atomic E-state index is 0.135. The second-order valence-electron chi connectivity index (χ2n) is 8.04. The molecule has 0 aromatic heterocycles. The maximum atomic E-state index is 13.3. The molecule has 33 heavy (non-hydrogen) atoms. The van der Waals surface area contributed by atoms with Crippen LogP contribution in [0.15, 0.2) is 71.6 Å². The van der Waals surface area contributed by atoms with Gasteiger partial charge in [0.15, 0.2) is 6.61 Å². The molecule has 0 spiro atoms. The molecule has 3 aromatic carbocycles. The van der Waals surface area contributed by atoms with Crippen LogP contribution in [0.3, 0.4) is 0 Å². The maximum Gasteiger partial charge on any atom is 0.264 e. The lowest BCUT2D eigenvalue weighted by Gasteiger charge is -2.34. The number of hydrogen-bond acceptors (Lipinski definition) is 5. The summed E-state index contributed by atoms with van der Waals surface area (Å²) in [6, 6.07) is 18.8. The number of nitrogens with zero attached hydrogens (tertiary/aromatic N) is 1. The van der Waals surface area contributed by atoms with Crippen LogP contribution in [0.4, 0.5) is 11.4 Å². The highest BCUT2D eigenvalue weighted by molar-refractivity contribution is 7.92. The zero-order chi connectivity index (χ0) is 23.6. The van der Waals surface area contributed by atoms with Crippen LogP contribution in [0, 0.1) is 13.8 Å². The summed E-state index contributed by atoms with van der Waals surface area (Å²) in [6.07, 6.45) is -0.273. The fourth-order valence-electron chi connectivity index (χ4n) is 3.56. The van der Waals surface area contributed by atoms with Gasteiger partial charge in [-0.05, 0) is 80.4 Å². The quantitative estimate of drug-likeness (QED) is 0.586. The van der Waals surface area contributed by atoms with E-state index in [4.69, 9.17) is 9.47 Å². The molecule has 0 saturated heterocycles. The number of benzene rings is 3. The minimum Gasteiger partial charge on any atom is -0.487 e. The van der Waals surface area contributed by atoms with Crippen molar-refractivity contribution in [3.8, 4) is 11.5 Å². The number of nitrogens with one attached hydrogen (secondary N) is 1. The molecular formula is C25H26N2O5S. The van der Waals surface area contributed by atoms with E-state index in [1.54, 1.807) is 30.3 Å². The molecule has 8 heteroatoms. The van der Waals surface area contributed by atoms with Crippen molar-refractivity contribution in [3.63, 3.8) is 0 Å². The Hall–Kier alpha value is -3.52. The van der Waals surface area contributed by atoms with E-state index in [1.165, 1.54) is 16.4 Å². The Kier molecular flexibility index (Phi) is 6.29. The number of fused-ring (bicyclic) bond motifs is 1. The lowest BCUT2D eigenvalue weighted by molar-refractivity contribution is -0.118. The Balaban J connectivity index is 1.43. The molecule has 0 aliphatic carbocycles. The molecule has 1 N–H and O–H groups in total. The molecule has 0 bridgehead atoms. The fraction of sp³-hybridized carbons (Fsp3) is 0.240. The van der Waals surface area contributed by atoms with Gasteiger partial charge in [-0.1, -0.05) is 18.2 Å². The number of para-hydroxylation sites is 2. The molecule has 0 unspecified atom stereocenters. The van der Waals surface area contributed by atoms with E-state index in [2.05, 4.69) is 5.32 Å². The number of carbonyl (C=O) groups is 1. The molecule has 3 aromatic rings. The maximum absolute atomic E-state index is 13.3. The van der Waals surface area contributed by atoms with Gasteiger partial charge < -0.3 is 14.8 Å². The second-order valence-corrected chi connectivity index (χ2v) is 9.90. The van der Waals surface area contributed by atoms with Crippen molar-refractivity contribution in [1.82, 2.24) is 0 Å². The largest absolute Gasteiger partial charge is 0.487 e. The van der Waals surface area contributed by atoms with Crippen molar-refractivity contribution in [1.29, 1.82) is 0 Å². The van der Waals surface area contributed by atoms with Crippen molar-refractivity contribution < 1.29 is 22.7 Å². The van der Waals surface area contributed by atoms with E-state index in [-0.39, 0.29) is 30.1 Å². The van der Waals surface area contributed by atoms with Crippen LogP contribution in [-0.2, 0) is 14.8 Å². The zero-order valence-corrected chi connectivity index (χ0v) is 19.6. The number of rotatable bonds is 6. The van der Waals surface area contributed by atoms with Crippen LogP contribution in [0.1, 0.15) is 18.1 Å². The van der Waals surface area contributed by atoms with Gasteiger partial charge in [0.05, 0.1) is 17.1 Å². The molecule has 1 aliphatic heterocycles. The summed E-state index contributed by atoms with van der Waals surface area (Å²) in [5.74, 6) is 0.821. The molecule has 0 saturated carbocycles. The number of carbonyl (C=O) groups excluding carboxylic acids is 1. The van der Waals surface area contributed by atoms with Crippen molar-refractivity contribution in [2.45, 2.75) is 31.8 Å².